The van der Waals surface area contributed by atoms with E-state index in [0.717, 1.165) is 80.3 Å². The molecule has 4 amide bonds. The molecule has 0 saturated carbocycles. The number of ether oxygens (including phenoxy) is 2. The van der Waals surface area contributed by atoms with Crippen LogP contribution in [0.5, 0.6) is 0 Å². The summed E-state index contributed by atoms with van der Waals surface area (Å²) in [5.41, 5.74) is 5.54. The Hall–Kier alpha value is -5.44. The van der Waals surface area contributed by atoms with Crippen molar-refractivity contribution in [1.82, 2.24) is 40.4 Å². The molecule has 15 heteroatoms. The number of nitrogens with zero attached hydrogens (tertiary/aromatic N) is 4. The van der Waals surface area contributed by atoms with Gasteiger partial charge in [0.05, 0.1) is 48.4 Å². The molecular formula is C40H48N8O6S. The molecule has 0 radical (unpaired) electrons. The van der Waals surface area contributed by atoms with E-state index in [4.69, 9.17) is 19.4 Å². The molecule has 0 aliphatic carbocycles. The number of thiophene rings is 1. The molecule has 0 unspecified atom stereocenters. The van der Waals surface area contributed by atoms with Gasteiger partial charge in [-0.3, -0.25) is 9.59 Å². The molecular weight excluding hydrogens is 721 g/mol. The number of benzene rings is 2. The maximum absolute atomic E-state index is 13.6. The van der Waals surface area contributed by atoms with Gasteiger partial charge in [-0.15, -0.1) is 11.3 Å². The minimum absolute atomic E-state index is 0.109. The van der Waals surface area contributed by atoms with Gasteiger partial charge in [-0.05, 0) is 85.0 Å². The number of rotatable bonds is 10. The smallest absolute Gasteiger partial charge is 0.407 e. The first-order chi connectivity index (χ1) is 26.4. The number of hydrogen-bond acceptors (Lipinski definition) is 9. The van der Waals surface area contributed by atoms with E-state index in [9.17, 15) is 19.2 Å². The molecule has 0 spiro atoms. The van der Waals surface area contributed by atoms with Crippen molar-refractivity contribution in [2.45, 2.75) is 77.5 Å². The fourth-order valence-electron chi connectivity index (χ4n) is 7.71. The van der Waals surface area contributed by atoms with Crippen LogP contribution < -0.4 is 10.6 Å². The SMILES string of the molecule is COC(=O)N[C@H](C(=O)N1CCC[C@H]1c1nc2ccc(-c3ccc(-c4ccc5nc([C@@H]6CCCN6C(=O)[C@@H](NC(=O)OC)C(C)C)[nH]c5c4)s3)cc2[nH]1)C(C)C. The van der Waals surface area contributed by atoms with Crippen LogP contribution in [-0.2, 0) is 19.1 Å². The van der Waals surface area contributed by atoms with Crippen molar-refractivity contribution in [2.75, 3.05) is 27.3 Å². The highest BCUT2D eigenvalue weighted by atomic mass is 32.1. The Labute approximate surface area is 323 Å². The standard InChI is InChI=1S/C40H48N8O6S/c1-21(2)33(45-39(51)53-5)37(49)47-17-7-9-29(47)35-41-25-13-11-23(19-27(25)43-35)31-15-16-32(55-31)24-12-14-26-28(20-24)44-36(42-26)30-10-8-18-48(30)38(50)34(22(3)4)46-40(52)54-6/h11-16,19-22,29-30,33-34H,7-10,17-18H2,1-6H3,(H,41,43)(H,42,44)(H,45,51)(H,46,52)/t29-,30-,33-,34-/m0/s1. The van der Waals surface area contributed by atoms with Crippen LogP contribution in [0.1, 0.15) is 77.1 Å². The molecule has 0 bridgehead atoms. The Balaban J connectivity index is 1.08. The lowest BCUT2D eigenvalue weighted by molar-refractivity contribution is -0.136. The summed E-state index contributed by atoms with van der Waals surface area (Å²) in [5, 5.41) is 5.41. The van der Waals surface area contributed by atoms with E-state index in [1.807, 2.05) is 49.6 Å². The zero-order valence-electron chi connectivity index (χ0n) is 32.0. The van der Waals surface area contributed by atoms with Crippen LogP contribution in [0.15, 0.2) is 48.5 Å². The lowest BCUT2D eigenvalue weighted by Crippen LogP contribution is -2.51. The number of carbonyl (C=O) groups is 4. The van der Waals surface area contributed by atoms with Crippen LogP contribution in [-0.4, -0.2) is 93.1 Å². The van der Waals surface area contributed by atoms with Crippen LogP contribution >= 0.6 is 11.3 Å². The van der Waals surface area contributed by atoms with Crippen LogP contribution in [0.2, 0.25) is 0 Å². The van der Waals surface area contributed by atoms with Gasteiger partial charge in [-0.2, -0.15) is 0 Å². The van der Waals surface area contributed by atoms with Crippen molar-refractivity contribution < 1.29 is 28.7 Å². The van der Waals surface area contributed by atoms with Crippen LogP contribution in [0.4, 0.5) is 9.59 Å². The lowest BCUT2D eigenvalue weighted by Gasteiger charge is -2.29. The Morgan fingerprint density at radius 3 is 1.49 bits per heavy atom. The molecule has 14 nitrogen and oxygen atoms in total. The second-order valence-corrected chi connectivity index (χ2v) is 16.1. The summed E-state index contributed by atoms with van der Waals surface area (Å²) in [6.07, 6.45) is 2.00. The number of H-pyrrole nitrogens is 2. The molecule has 2 aromatic carbocycles. The van der Waals surface area contributed by atoms with Gasteiger partial charge in [0.25, 0.3) is 0 Å². The van der Waals surface area contributed by atoms with Gasteiger partial charge in [-0.1, -0.05) is 39.8 Å². The summed E-state index contributed by atoms with van der Waals surface area (Å²) in [7, 11) is 2.58. The average Bonchev–Trinajstić information content (AvgIpc) is 4.02. The molecule has 2 aliphatic heterocycles. The summed E-state index contributed by atoms with van der Waals surface area (Å²) in [6.45, 7) is 8.80. The first-order valence-electron chi connectivity index (χ1n) is 18.9. The fourth-order valence-corrected chi connectivity index (χ4v) is 8.71. The third kappa shape index (κ3) is 7.62. The molecule has 5 heterocycles. The van der Waals surface area contributed by atoms with Crippen molar-refractivity contribution in [1.29, 1.82) is 0 Å². The fraction of sp³-hybridized carbons (Fsp3) is 0.450. The average molecular weight is 769 g/mol. The monoisotopic (exact) mass is 768 g/mol. The number of aromatic nitrogens is 4. The highest BCUT2D eigenvalue weighted by molar-refractivity contribution is 7.18. The number of amides is 4. The van der Waals surface area contributed by atoms with Gasteiger partial charge < -0.3 is 39.9 Å². The van der Waals surface area contributed by atoms with Gasteiger partial charge in [0.2, 0.25) is 11.8 Å². The zero-order valence-corrected chi connectivity index (χ0v) is 32.8. The van der Waals surface area contributed by atoms with Gasteiger partial charge in [-0.25, -0.2) is 19.6 Å². The van der Waals surface area contributed by atoms with Crippen LogP contribution in [0.3, 0.4) is 0 Å². The molecule has 3 aromatic heterocycles. The van der Waals surface area contributed by atoms with E-state index >= 15 is 0 Å². The number of imidazole rings is 2. The second-order valence-electron chi connectivity index (χ2n) is 15.0. The molecule has 5 aromatic rings. The van der Waals surface area contributed by atoms with Crippen molar-refractivity contribution in [3.63, 3.8) is 0 Å². The summed E-state index contributed by atoms with van der Waals surface area (Å²) in [4.78, 5) is 73.8. The number of carbonyl (C=O) groups excluding carboxylic acids is 4. The van der Waals surface area contributed by atoms with Crippen molar-refractivity contribution in [3.8, 4) is 20.9 Å². The minimum Gasteiger partial charge on any atom is -0.453 e. The number of methoxy groups -OCH3 is 2. The number of hydrogen-bond donors (Lipinski definition) is 4. The Bertz CT molecular complexity index is 2070. The first kappa shape index (κ1) is 37.9. The maximum Gasteiger partial charge on any atom is 0.407 e. The Kier molecular flexibility index (Phi) is 10.8. The van der Waals surface area contributed by atoms with Crippen molar-refractivity contribution in [2.24, 2.45) is 11.8 Å². The van der Waals surface area contributed by atoms with Gasteiger partial charge in [0, 0.05) is 22.8 Å². The minimum atomic E-state index is -0.692. The second kappa shape index (κ2) is 15.7. The maximum atomic E-state index is 13.6. The molecule has 2 aliphatic rings. The van der Waals surface area contributed by atoms with Gasteiger partial charge >= 0.3 is 12.2 Å². The number of nitrogens with one attached hydrogen (secondary N) is 4. The van der Waals surface area contributed by atoms with E-state index in [1.165, 1.54) is 14.2 Å². The zero-order chi connectivity index (χ0) is 39.0. The highest BCUT2D eigenvalue weighted by Gasteiger charge is 2.39. The highest BCUT2D eigenvalue weighted by Crippen LogP contribution is 2.39. The summed E-state index contributed by atoms with van der Waals surface area (Å²) in [6, 6.07) is 14.8. The van der Waals surface area contributed by atoms with Gasteiger partial charge in [0.15, 0.2) is 0 Å². The van der Waals surface area contributed by atoms with E-state index in [2.05, 4.69) is 57.0 Å². The quantitative estimate of drug-likeness (QED) is 0.118. The van der Waals surface area contributed by atoms with E-state index in [-0.39, 0.29) is 35.7 Å². The van der Waals surface area contributed by atoms with E-state index < -0.39 is 24.3 Å². The predicted molar refractivity (Wildman–Crippen MR) is 210 cm³/mol. The molecule has 4 atom stereocenters. The lowest BCUT2D eigenvalue weighted by atomic mass is 10.0. The molecule has 2 saturated heterocycles. The molecule has 7 rings (SSSR count). The summed E-state index contributed by atoms with van der Waals surface area (Å²) >= 11 is 1.69. The molecule has 4 N–H and O–H groups in total. The van der Waals surface area contributed by atoms with Crippen molar-refractivity contribution >= 4 is 57.4 Å². The van der Waals surface area contributed by atoms with E-state index in [0.29, 0.717) is 13.1 Å². The van der Waals surface area contributed by atoms with Crippen LogP contribution in [0, 0.1) is 11.8 Å². The van der Waals surface area contributed by atoms with Gasteiger partial charge in [0.1, 0.15) is 23.7 Å². The molecule has 290 valence electrons. The van der Waals surface area contributed by atoms with Crippen LogP contribution in [0.25, 0.3) is 42.9 Å². The topological polar surface area (TPSA) is 175 Å². The largest absolute Gasteiger partial charge is 0.453 e. The molecule has 55 heavy (non-hydrogen) atoms. The third-order valence-electron chi connectivity index (χ3n) is 10.7. The molecule has 2 fully saturated rings. The Morgan fingerprint density at radius 2 is 1.11 bits per heavy atom. The number of fused-ring (bicyclic) bond motifs is 2. The summed E-state index contributed by atoms with van der Waals surface area (Å²) in [5.74, 6) is 0.978. The number of aromatic amines is 2. The summed E-state index contributed by atoms with van der Waals surface area (Å²) < 4.78 is 9.54. The number of alkyl carbamates (subject to hydrolysis) is 2. The Morgan fingerprint density at radius 1 is 0.691 bits per heavy atom. The van der Waals surface area contributed by atoms with E-state index in [1.54, 1.807) is 11.3 Å². The number of likely N-dealkylation sites (tertiary alicyclic amines) is 2. The third-order valence-corrected chi connectivity index (χ3v) is 11.8. The first-order valence-corrected chi connectivity index (χ1v) is 19.7. The van der Waals surface area contributed by atoms with Crippen molar-refractivity contribution in [3.05, 3.63) is 60.2 Å². The predicted octanol–water partition coefficient (Wildman–Crippen LogP) is 6.92. The normalized spacial score (nSPS) is 18.3.